The quantitative estimate of drug-likeness (QED) is 0.787. The van der Waals surface area contributed by atoms with Crippen LogP contribution in [0.5, 0.6) is 11.5 Å². The fraction of sp³-hybridized carbons (Fsp3) is 0.143. The minimum Gasteiger partial charge on any atom is -0.455 e. The van der Waals surface area contributed by atoms with Crippen LogP contribution in [-0.4, -0.2) is 0 Å². The summed E-state index contributed by atoms with van der Waals surface area (Å²) in [6.45, 7) is 1.91. The molecule has 2 nitrogen and oxygen atoms in total. The Balaban J connectivity index is 2.31. The first-order valence-electron chi connectivity index (χ1n) is 5.65. The van der Waals surface area contributed by atoms with Gasteiger partial charge in [0.15, 0.2) is 0 Å². The van der Waals surface area contributed by atoms with Gasteiger partial charge in [-0.05, 0) is 68.6 Å². The second-order valence-electron chi connectivity index (χ2n) is 4.16. The second-order valence-corrected chi connectivity index (χ2v) is 5.86. The Bertz CT molecular complexity index is 602. The Morgan fingerprint density at radius 1 is 1.05 bits per heavy atom. The van der Waals surface area contributed by atoms with Crippen LogP contribution in [0.4, 0.5) is 4.39 Å². The third-order valence-electron chi connectivity index (χ3n) is 2.59. The fourth-order valence-electron chi connectivity index (χ4n) is 1.56. The summed E-state index contributed by atoms with van der Waals surface area (Å²) in [6, 6.07) is 9.84. The van der Waals surface area contributed by atoms with Gasteiger partial charge < -0.3 is 10.5 Å². The molecule has 5 heteroatoms. The fourth-order valence-corrected chi connectivity index (χ4v) is 2.36. The summed E-state index contributed by atoms with van der Waals surface area (Å²) in [7, 11) is 0. The molecule has 100 valence electrons. The molecule has 0 aliphatic heterocycles. The van der Waals surface area contributed by atoms with Crippen molar-refractivity contribution >= 4 is 31.9 Å². The van der Waals surface area contributed by atoms with Gasteiger partial charge in [0.2, 0.25) is 0 Å². The average molecular weight is 389 g/mol. The van der Waals surface area contributed by atoms with Gasteiger partial charge in [-0.1, -0.05) is 6.07 Å². The molecule has 2 aromatic rings. The molecule has 19 heavy (non-hydrogen) atoms. The minimum atomic E-state index is -0.346. The van der Waals surface area contributed by atoms with Gasteiger partial charge in [-0.2, -0.15) is 0 Å². The monoisotopic (exact) mass is 387 g/mol. The van der Waals surface area contributed by atoms with Crippen LogP contribution >= 0.6 is 31.9 Å². The molecule has 0 saturated carbocycles. The molecule has 0 amide bonds. The summed E-state index contributed by atoms with van der Waals surface area (Å²) in [4.78, 5) is 0. The molecule has 0 aliphatic carbocycles. The number of halogens is 3. The maximum Gasteiger partial charge on any atom is 0.144 e. The molecule has 0 spiro atoms. The number of hydrogen-bond acceptors (Lipinski definition) is 2. The highest BCUT2D eigenvalue weighted by Crippen LogP contribution is 2.35. The third kappa shape index (κ3) is 3.55. The van der Waals surface area contributed by atoms with Gasteiger partial charge in [0.1, 0.15) is 17.3 Å². The predicted molar refractivity (Wildman–Crippen MR) is 80.9 cm³/mol. The van der Waals surface area contributed by atoms with Gasteiger partial charge in [0.25, 0.3) is 0 Å². The highest BCUT2D eigenvalue weighted by molar-refractivity contribution is 9.11. The smallest absolute Gasteiger partial charge is 0.144 e. The molecule has 0 saturated heterocycles. The van der Waals surface area contributed by atoms with Crippen LogP contribution in [0.1, 0.15) is 18.5 Å². The van der Waals surface area contributed by atoms with Crippen LogP contribution in [0.3, 0.4) is 0 Å². The van der Waals surface area contributed by atoms with Gasteiger partial charge in [-0.3, -0.25) is 0 Å². The summed E-state index contributed by atoms with van der Waals surface area (Å²) in [5.74, 6) is 0.687. The zero-order valence-electron chi connectivity index (χ0n) is 10.2. The second kappa shape index (κ2) is 6.03. The molecule has 0 radical (unpaired) electrons. The summed E-state index contributed by atoms with van der Waals surface area (Å²) >= 11 is 6.75. The summed E-state index contributed by atoms with van der Waals surface area (Å²) in [6.07, 6.45) is 0. The SMILES string of the molecule is C[C@H](N)c1ccc(Oc2cc(F)ccc2Br)c(Br)c1. The van der Waals surface area contributed by atoms with E-state index in [0.29, 0.717) is 16.0 Å². The molecule has 1 atom stereocenters. The molecule has 0 fully saturated rings. The van der Waals surface area contributed by atoms with Crippen LogP contribution < -0.4 is 10.5 Å². The normalized spacial score (nSPS) is 12.3. The molecule has 2 rings (SSSR count). The Morgan fingerprint density at radius 3 is 2.42 bits per heavy atom. The molecular formula is C14H12Br2FNO. The number of nitrogens with two attached hydrogens (primary N) is 1. The molecular weight excluding hydrogens is 377 g/mol. The molecule has 0 aromatic heterocycles. The minimum absolute atomic E-state index is 0.0498. The lowest BCUT2D eigenvalue weighted by molar-refractivity contribution is 0.470. The van der Waals surface area contributed by atoms with Crippen molar-refractivity contribution in [1.29, 1.82) is 0 Å². The Kier molecular flexibility index (Phi) is 4.60. The van der Waals surface area contributed by atoms with Crippen LogP contribution in [-0.2, 0) is 0 Å². The van der Waals surface area contributed by atoms with Crippen LogP contribution in [0.25, 0.3) is 0 Å². The van der Waals surface area contributed by atoms with Gasteiger partial charge in [0.05, 0.1) is 8.95 Å². The Hall–Kier alpha value is -0.910. The van der Waals surface area contributed by atoms with E-state index in [1.807, 2.05) is 19.1 Å². The van der Waals surface area contributed by atoms with Crippen LogP contribution in [0, 0.1) is 5.82 Å². The van der Waals surface area contributed by atoms with Crippen LogP contribution in [0.15, 0.2) is 45.3 Å². The standard InChI is InChI=1S/C14H12Br2FNO/c1-8(18)9-2-5-13(12(16)6-9)19-14-7-10(17)3-4-11(14)15/h2-8H,18H2,1H3/t8-/m0/s1. The van der Waals surface area contributed by atoms with Crippen molar-refractivity contribution in [2.24, 2.45) is 5.73 Å². The lowest BCUT2D eigenvalue weighted by atomic mass is 10.1. The van der Waals surface area contributed by atoms with Crippen LogP contribution in [0.2, 0.25) is 0 Å². The number of rotatable bonds is 3. The number of hydrogen-bond donors (Lipinski definition) is 1. The molecule has 0 bridgehead atoms. The highest BCUT2D eigenvalue weighted by atomic mass is 79.9. The molecule has 0 aliphatic rings. The molecule has 2 aromatic carbocycles. The molecule has 0 unspecified atom stereocenters. The van der Waals surface area contributed by atoms with Gasteiger partial charge in [-0.15, -0.1) is 0 Å². The lowest BCUT2D eigenvalue weighted by Gasteiger charge is -2.12. The van der Waals surface area contributed by atoms with E-state index in [1.165, 1.54) is 12.1 Å². The largest absolute Gasteiger partial charge is 0.455 e. The first-order chi connectivity index (χ1) is 8.97. The van der Waals surface area contributed by atoms with Gasteiger partial charge in [-0.25, -0.2) is 4.39 Å². The van der Waals surface area contributed by atoms with E-state index >= 15 is 0 Å². The maximum absolute atomic E-state index is 13.2. The summed E-state index contributed by atoms with van der Waals surface area (Å²) < 4.78 is 20.3. The Morgan fingerprint density at radius 2 is 1.79 bits per heavy atom. The number of ether oxygens (including phenoxy) is 1. The number of benzene rings is 2. The summed E-state index contributed by atoms with van der Waals surface area (Å²) in [5.41, 5.74) is 6.81. The van der Waals surface area contributed by atoms with Crippen molar-refractivity contribution in [3.05, 3.63) is 56.7 Å². The lowest BCUT2D eigenvalue weighted by Crippen LogP contribution is -2.04. The van der Waals surface area contributed by atoms with E-state index in [4.69, 9.17) is 10.5 Å². The van der Waals surface area contributed by atoms with E-state index in [0.717, 1.165) is 10.0 Å². The van der Waals surface area contributed by atoms with Crippen molar-refractivity contribution in [2.45, 2.75) is 13.0 Å². The molecule has 0 heterocycles. The van der Waals surface area contributed by atoms with E-state index in [1.54, 1.807) is 12.1 Å². The van der Waals surface area contributed by atoms with E-state index in [-0.39, 0.29) is 11.9 Å². The van der Waals surface area contributed by atoms with E-state index in [2.05, 4.69) is 31.9 Å². The topological polar surface area (TPSA) is 35.2 Å². The van der Waals surface area contributed by atoms with Crippen molar-refractivity contribution in [3.8, 4) is 11.5 Å². The highest BCUT2D eigenvalue weighted by Gasteiger charge is 2.09. The zero-order chi connectivity index (χ0) is 14.0. The van der Waals surface area contributed by atoms with Crippen molar-refractivity contribution in [1.82, 2.24) is 0 Å². The first kappa shape index (κ1) is 14.5. The average Bonchev–Trinajstić information content (AvgIpc) is 2.36. The molecule has 2 N–H and O–H groups in total. The van der Waals surface area contributed by atoms with Crippen molar-refractivity contribution in [2.75, 3.05) is 0 Å². The maximum atomic E-state index is 13.2. The van der Waals surface area contributed by atoms with Crippen molar-refractivity contribution in [3.63, 3.8) is 0 Å². The van der Waals surface area contributed by atoms with E-state index < -0.39 is 0 Å². The zero-order valence-corrected chi connectivity index (χ0v) is 13.3. The van der Waals surface area contributed by atoms with Gasteiger partial charge in [0, 0.05) is 12.1 Å². The van der Waals surface area contributed by atoms with Gasteiger partial charge >= 0.3 is 0 Å². The predicted octanol–water partition coefficient (Wildman–Crippen LogP) is 5.16. The third-order valence-corrected chi connectivity index (χ3v) is 3.87. The van der Waals surface area contributed by atoms with Crippen molar-refractivity contribution < 1.29 is 9.13 Å². The summed E-state index contributed by atoms with van der Waals surface area (Å²) in [5, 5.41) is 0. The Labute approximate surface area is 128 Å². The van der Waals surface area contributed by atoms with E-state index in [9.17, 15) is 4.39 Å². The first-order valence-corrected chi connectivity index (χ1v) is 7.24.